The highest BCUT2D eigenvalue weighted by atomic mass is 16.5. The molecule has 132 valence electrons. The first-order valence-electron chi connectivity index (χ1n) is 8.63. The van der Waals surface area contributed by atoms with Gasteiger partial charge < -0.3 is 19.0 Å². The number of aromatic nitrogens is 1. The number of carbonyl (C=O) groups excluding carboxylic acids is 1. The molecule has 5 nitrogen and oxygen atoms in total. The van der Waals surface area contributed by atoms with Crippen LogP contribution < -0.4 is 10.1 Å². The number of fused-ring (bicyclic) bond motifs is 1. The van der Waals surface area contributed by atoms with Gasteiger partial charge in [-0.25, -0.2) is 0 Å². The lowest BCUT2D eigenvalue weighted by Crippen LogP contribution is -2.27. The largest absolute Gasteiger partial charge is 0.497 e. The van der Waals surface area contributed by atoms with Crippen molar-refractivity contribution < 1.29 is 13.9 Å². The van der Waals surface area contributed by atoms with Crippen molar-refractivity contribution in [1.29, 1.82) is 0 Å². The third-order valence-electron chi connectivity index (χ3n) is 4.26. The van der Waals surface area contributed by atoms with Crippen molar-refractivity contribution in [3.05, 3.63) is 53.4 Å². The first-order valence-corrected chi connectivity index (χ1v) is 8.63. The molecule has 0 fully saturated rings. The van der Waals surface area contributed by atoms with Gasteiger partial charge in [0.2, 0.25) is 0 Å². The van der Waals surface area contributed by atoms with Gasteiger partial charge in [-0.3, -0.25) is 4.79 Å². The molecule has 3 rings (SSSR count). The number of amides is 1. The number of furan rings is 1. The van der Waals surface area contributed by atoms with Crippen LogP contribution in [0.2, 0.25) is 0 Å². The lowest BCUT2D eigenvalue weighted by molar-refractivity contribution is 0.0944. The molecule has 0 bridgehead atoms. The molecule has 2 heterocycles. The van der Waals surface area contributed by atoms with Gasteiger partial charge >= 0.3 is 0 Å². The summed E-state index contributed by atoms with van der Waals surface area (Å²) in [5, 5.41) is 2.99. The molecule has 0 aliphatic heterocycles. The summed E-state index contributed by atoms with van der Waals surface area (Å²) in [6.07, 6.45) is 2.02. The quantitative estimate of drug-likeness (QED) is 0.658. The Labute approximate surface area is 147 Å². The molecule has 0 unspecified atom stereocenters. The second kappa shape index (κ2) is 7.47. The van der Waals surface area contributed by atoms with E-state index >= 15 is 0 Å². The molecule has 1 amide bonds. The molecular weight excluding hydrogens is 316 g/mol. The molecule has 0 spiro atoms. The lowest BCUT2D eigenvalue weighted by atomic mass is 10.2. The van der Waals surface area contributed by atoms with Crippen LogP contribution in [0.5, 0.6) is 5.75 Å². The minimum atomic E-state index is -0.0639. The molecule has 0 radical (unpaired) electrons. The van der Waals surface area contributed by atoms with Gasteiger partial charge in [-0.05, 0) is 31.0 Å². The van der Waals surface area contributed by atoms with E-state index in [1.165, 1.54) is 0 Å². The van der Waals surface area contributed by atoms with Gasteiger partial charge in [0.25, 0.3) is 5.91 Å². The summed E-state index contributed by atoms with van der Waals surface area (Å²) in [5.74, 6) is 1.59. The normalized spacial score (nSPS) is 11.0. The summed E-state index contributed by atoms with van der Waals surface area (Å²) in [7, 11) is 1.65. The van der Waals surface area contributed by atoms with E-state index in [9.17, 15) is 4.79 Å². The molecule has 0 saturated carbocycles. The van der Waals surface area contributed by atoms with E-state index in [0.717, 1.165) is 41.0 Å². The maximum atomic E-state index is 12.6. The van der Waals surface area contributed by atoms with Crippen LogP contribution in [0.25, 0.3) is 11.1 Å². The second-order valence-electron chi connectivity index (χ2n) is 6.18. The smallest absolute Gasteiger partial charge is 0.268 e. The molecule has 0 aliphatic rings. The molecule has 0 aliphatic carbocycles. The number of aryl methyl sites for hydroxylation is 1. The van der Waals surface area contributed by atoms with Crippen LogP contribution in [0.15, 0.2) is 40.8 Å². The van der Waals surface area contributed by atoms with Gasteiger partial charge in [0.15, 0.2) is 5.58 Å². The van der Waals surface area contributed by atoms with E-state index < -0.39 is 0 Å². The predicted molar refractivity (Wildman–Crippen MR) is 98.3 cm³/mol. The predicted octanol–water partition coefficient (Wildman–Crippen LogP) is 4.13. The summed E-state index contributed by atoms with van der Waals surface area (Å²) < 4.78 is 12.9. The third-order valence-corrected chi connectivity index (χ3v) is 4.26. The van der Waals surface area contributed by atoms with Crippen LogP contribution in [0.4, 0.5) is 0 Å². The van der Waals surface area contributed by atoms with E-state index in [1.807, 2.05) is 47.9 Å². The Hall–Kier alpha value is -2.69. The Morgan fingerprint density at radius 2 is 2.00 bits per heavy atom. The van der Waals surface area contributed by atoms with Crippen LogP contribution in [-0.2, 0) is 6.54 Å². The van der Waals surface area contributed by atoms with Crippen LogP contribution in [0.3, 0.4) is 0 Å². The molecule has 2 aromatic heterocycles. The number of nitrogens with zero attached hydrogens (tertiary/aromatic N) is 1. The lowest BCUT2D eigenvalue weighted by Gasteiger charge is -2.11. The van der Waals surface area contributed by atoms with Crippen molar-refractivity contribution in [2.45, 2.75) is 33.2 Å². The molecule has 5 heteroatoms. The fourth-order valence-electron chi connectivity index (χ4n) is 2.91. The monoisotopic (exact) mass is 340 g/mol. The van der Waals surface area contributed by atoms with E-state index in [-0.39, 0.29) is 5.91 Å². The van der Waals surface area contributed by atoms with E-state index in [1.54, 1.807) is 7.11 Å². The van der Waals surface area contributed by atoms with Gasteiger partial charge in [0.05, 0.1) is 12.6 Å². The van der Waals surface area contributed by atoms with Gasteiger partial charge in [0, 0.05) is 25.2 Å². The first-order chi connectivity index (χ1) is 12.1. The fourth-order valence-corrected chi connectivity index (χ4v) is 2.91. The van der Waals surface area contributed by atoms with Crippen molar-refractivity contribution >= 4 is 17.0 Å². The van der Waals surface area contributed by atoms with Crippen molar-refractivity contribution in [2.24, 2.45) is 0 Å². The molecule has 1 aromatic carbocycles. The fraction of sp³-hybridized carbons (Fsp3) is 0.350. The summed E-state index contributed by atoms with van der Waals surface area (Å²) in [6.45, 7) is 5.31. The summed E-state index contributed by atoms with van der Waals surface area (Å²) in [6, 6.07) is 11.7. The Bertz CT molecular complexity index is 859. The van der Waals surface area contributed by atoms with Crippen molar-refractivity contribution in [3.8, 4) is 5.75 Å². The zero-order chi connectivity index (χ0) is 17.8. The number of hydrogen-bond donors (Lipinski definition) is 1. The van der Waals surface area contributed by atoms with Crippen LogP contribution in [-0.4, -0.2) is 24.1 Å². The average molecular weight is 340 g/mol. The van der Waals surface area contributed by atoms with Crippen LogP contribution >= 0.6 is 0 Å². The van der Waals surface area contributed by atoms with Crippen LogP contribution in [0.1, 0.15) is 41.6 Å². The number of hydrogen-bond acceptors (Lipinski definition) is 3. The van der Waals surface area contributed by atoms with Gasteiger partial charge in [-0.2, -0.15) is 0 Å². The van der Waals surface area contributed by atoms with E-state index in [4.69, 9.17) is 9.15 Å². The molecular formula is C20H24N2O3. The maximum absolute atomic E-state index is 12.6. The highest BCUT2D eigenvalue weighted by molar-refractivity contribution is 5.97. The molecule has 25 heavy (non-hydrogen) atoms. The highest BCUT2D eigenvalue weighted by Gasteiger charge is 2.18. The number of benzene rings is 1. The number of rotatable bonds is 7. The summed E-state index contributed by atoms with van der Waals surface area (Å²) >= 11 is 0. The van der Waals surface area contributed by atoms with Gasteiger partial charge in [0.1, 0.15) is 17.2 Å². The zero-order valence-electron chi connectivity index (χ0n) is 15.0. The number of unbranched alkanes of at least 4 members (excludes halogenated alkanes) is 1. The third kappa shape index (κ3) is 3.71. The van der Waals surface area contributed by atoms with Crippen LogP contribution in [0, 0.1) is 6.92 Å². The number of ether oxygens (including phenoxy) is 1. The number of carbonyl (C=O) groups is 1. The summed E-state index contributed by atoms with van der Waals surface area (Å²) in [4.78, 5) is 12.6. The minimum Gasteiger partial charge on any atom is -0.497 e. The Balaban J connectivity index is 1.92. The van der Waals surface area contributed by atoms with E-state index in [2.05, 4.69) is 12.2 Å². The minimum absolute atomic E-state index is 0.0639. The molecule has 3 aromatic rings. The topological polar surface area (TPSA) is 56.4 Å². The Morgan fingerprint density at radius 1 is 1.24 bits per heavy atom. The molecule has 0 atom stereocenters. The summed E-state index contributed by atoms with van der Waals surface area (Å²) in [5.41, 5.74) is 3.40. The molecule has 1 N–H and O–H groups in total. The molecule has 0 saturated heterocycles. The Morgan fingerprint density at radius 3 is 2.68 bits per heavy atom. The highest BCUT2D eigenvalue weighted by Crippen LogP contribution is 2.25. The Kier molecular flexibility index (Phi) is 5.12. The van der Waals surface area contributed by atoms with Crippen molar-refractivity contribution in [3.63, 3.8) is 0 Å². The maximum Gasteiger partial charge on any atom is 0.268 e. The van der Waals surface area contributed by atoms with Gasteiger partial charge in [-0.15, -0.1) is 0 Å². The van der Waals surface area contributed by atoms with E-state index in [0.29, 0.717) is 18.8 Å². The second-order valence-corrected chi connectivity index (χ2v) is 6.18. The SMILES string of the molecule is CCCCNC(=O)c1cc2oc(C)cc2n1Cc1ccc(OC)cc1. The number of nitrogens with one attached hydrogen (secondary N) is 1. The first kappa shape index (κ1) is 17.1. The number of methoxy groups -OCH3 is 1. The average Bonchev–Trinajstić information content (AvgIpc) is 3.13. The standard InChI is InChI=1S/C20H24N2O3/c1-4-5-10-21-20(23)18-12-19-17(11-14(2)25-19)22(18)13-15-6-8-16(24-3)9-7-15/h6-9,11-12H,4-5,10,13H2,1-3H3,(H,21,23). The van der Waals surface area contributed by atoms with Crippen molar-refractivity contribution in [2.75, 3.05) is 13.7 Å². The zero-order valence-corrected chi connectivity index (χ0v) is 15.0. The van der Waals surface area contributed by atoms with Crippen molar-refractivity contribution in [1.82, 2.24) is 9.88 Å². The van der Waals surface area contributed by atoms with Gasteiger partial charge in [-0.1, -0.05) is 25.5 Å².